The number of aryl methyl sites for hydroxylation is 1. The van der Waals surface area contributed by atoms with Crippen molar-refractivity contribution in [3.63, 3.8) is 0 Å². The number of rotatable bonds is 2. The van der Waals surface area contributed by atoms with Crippen molar-refractivity contribution in [1.29, 1.82) is 5.41 Å². The summed E-state index contributed by atoms with van der Waals surface area (Å²) in [4.78, 5) is 2.33. The summed E-state index contributed by atoms with van der Waals surface area (Å²) in [5.41, 5.74) is 8.78. The van der Waals surface area contributed by atoms with Crippen LogP contribution in [0.15, 0.2) is 18.2 Å². The van der Waals surface area contributed by atoms with E-state index >= 15 is 0 Å². The van der Waals surface area contributed by atoms with Crippen LogP contribution in [0.25, 0.3) is 0 Å². The Morgan fingerprint density at radius 3 is 2.81 bits per heavy atom. The molecule has 3 heteroatoms. The minimum atomic E-state index is 0.165. The van der Waals surface area contributed by atoms with E-state index in [1.807, 2.05) is 13.0 Å². The van der Waals surface area contributed by atoms with Gasteiger partial charge in [0.05, 0.1) is 0 Å². The summed E-state index contributed by atoms with van der Waals surface area (Å²) in [6.45, 7) is 6.44. The van der Waals surface area contributed by atoms with Gasteiger partial charge in [-0.05, 0) is 31.4 Å². The molecular weight excluding hydrogens is 198 g/mol. The van der Waals surface area contributed by atoms with Crippen LogP contribution in [0.5, 0.6) is 0 Å². The molecule has 1 aromatic rings. The Bertz CT molecular complexity index is 412. The summed E-state index contributed by atoms with van der Waals surface area (Å²) >= 11 is 0. The minimum absolute atomic E-state index is 0.165. The van der Waals surface area contributed by atoms with E-state index in [1.54, 1.807) is 0 Å². The molecular formula is C13H19N3. The third kappa shape index (κ3) is 2.03. The van der Waals surface area contributed by atoms with E-state index in [9.17, 15) is 0 Å². The molecule has 1 aliphatic heterocycles. The predicted octanol–water partition coefficient (Wildman–Crippen LogP) is 2.13. The lowest BCUT2D eigenvalue weighted by molar-refractivity contribution is 0.659. The van der Waals surface area contributed by atoms with Gasteiger partial charge in [-0.25, -0.2) is 0 Å². The van der Waals surface area contributed by atoms with E-state index in [0.29, 0.717) is 0 Å². The van der Waals surface area contributed by atoms with Gasteiger partial charge in [-0.3, -0.25) is 5.41 Å². The zero-order chi connectivity index (χ0) is 11.7. The summed E-state index contributed by atoms with van der Waals surface area (Å²) in [7, 11) is 0. The van der Waals surface area contributed by atoms with Crippen molar-refractivity contribution in [3.05, 3.63) is 29.3 Å². The van der Waals surface area contributed by atoms with Crippen LogP contribution < -0.4 is 10.6 Å². The molecule has 16 heavy (non-hydrogen) atoms. The molecule has 0 aliphatic carbocycles. The quantitative estimate of drug-likeness (QED) is 0.589. The highest BCUT2D eigenvalue weighted by atomic mass is 15.2. The van der Waals surface area contributed by atoms with Crippen LogP contribution in [-0.4, -0.2) is 18.9 Å². The van der Waals surface area contributed by atoms with Crippen molar-refractivity contribution >= 4 is 11.5 Å². The predicted molar refractivity (Wildman–Crippen MR) is 68.2 cm³/mol. The first-order chi connectivity index (χ1) is 7.58. The molecule has 3 nitrogen and oxygen atoms in total. The molecule has 0 amide bonds. The topological polar surface area (TPSA) is 53.1 Å². The number of anilines is 1. The Kier molecular flexibility index (Phi) is 2.86. The van der Waals surface area contributed by atoms with Gasteiger partial charge >= 0.3 is 0 Å². The van der Waals surface area contributed by atoms with Crippen molar-refractivity contribution in [2.45, 2.75) is 20.3 Å². The minimum Gasteiger partial charge on any atom is -0.384 e. The van der Waals surface area contributed by atoms with Gasteiger partial charge in [0.2, 0.25) is 0 Å². The van der Waals surface area contributed by atoms with Crippen LogP contribution in [0.3, 0.4) is 0 Å². The molecule has 0 aromatic heterocycles. The van der Waals surface area contributed by atoms with E-state index in [-0.39, 0.29) is 5.84 Å². The van der Waals surface area contributed by atoms with Crippen molar-refractivity contribution in [2.24, 2.45) is 11.7 Å². The molecule has 3 N–H and O–H groups in total. The number of hydrogen-bond donors (Lipinski definition) is 2. The van der Waals surface area contributed by atoms with Crippen LogP contribution >= 0.6 is 0 Å². The lowest BCUT2D eigenvalue weighted by Crippen LogP contribution is -2.24. The van der Waals surface area contributed by atoms with E-state index in [4.69, 9.17) is 11.1 Å². The van der Waals surface area contributed by atoms with Crippen LogP contribution in [0.4, 0.5) is 5.69 Å². The van der Waals surface area contributed by atoms with Gasteiger partial charge in [-0.2, -0.15) is 0 Å². The molecule has 1 aromatic carbocycles. The second kappa shape index (κ2) is 4.16. The maximum absolute atomic E-state index is 7.64. The smallest absolute Gasteiger partial charge is 0.124 e. The molecule has 1 unspecified atom stereocenters. The van der Waals surface area contributed by atoms with Crippen molar-refractivity contribution in [1.82, 2.24) is 0 Å². The Labute approximate surface area is 96.8 Å². The Balaban J connectivity index is 2.36. The molecule has 0 saturated carbocycles. The monoisotopic (exact) mass is 217 g/mol. The van der Waals surface area contributed by atoms with E-state index < -0.39 is 0 Å². The normalized spacial score (nSPS) is 20.1. The first kappa shape index (κ1) is 11.0. The molecule has 2 rings (SSSR count). The molecule has 1 fully saturated rings. The van der Waals surface area contributed by atoms with Gasteiger partial charge < -0.3 is 10.6 Å². The second-order valence-corrected chi connectivity index (χ2v) is 4.77. The van der Waals surface area contributed by atoms with Gasteiger partial charge in [0, 0.05) is 24.3 Å². The third-order valence-corrected chi connectivity index (χ3v) is 3.21. The van der Waals surface area contributed by atoms with Crippen LogP contribution in [0, 0.1) is 18.3 Å². The highest BCUT2D eigenvalue weighted by Crippen LogP contribution is 2.27. The average molecular weight is 217 g/mol. The highest BCUT2D eigenvalue weighted by Gasteiger charge is 2.21. The van der Waals surface area contributed by atoms with Crippen LogP contribution in [0.1, 0.15) is 24.5 Å². The molecule has 1 aliphatic rings. The number of amidine groups is 1. The number of hydrogen-bond acceptors (Lipinski definition) is 2. The van der Waals surface area contributed by atoms with Crippen LogP contribution in [-0.2, 0) is 0 Å². The molecule has 1 saturated heterocycles. The van der Waals surface area contributed by atoms with Gasteiger partial charge in [-0.15, -0.1) is 0 Å². The van der Waals surface area contributed by atoms with Gasteiger partial charge in [-0.1, -0.05) is 18.6 Å². The first-order valence-corrected chi connectivity index (χ1v) is 5.78. The fraction of sp³-hybridized carbons (Fsp3) is 0.462. The zero-order valence-corrected chi connectivity index (χ0v) is 9.96. The standard InChI is InChI=1S/C13H19N3/c1-9-3-4-12(11(7-9)13(14)15)16-6-5-10(2)8-16/h3-4,7,10H,5-6,8H2,1-2H3,(H3,14,15). The lowest BCUT2D eigenvalue weighted by atomic mass is 10.1. The molecule has 0 spiro atoms. The fourth-order valence-corrected chi connectivity index (χ4v) is 2.30. The number of nitrogens with two attached hydrogens (primary N) is 1. The maximum Gasteiger partial charge on any atom is 0.124 e. The second-order valence-electron chi connectivity index (χ2n) is 4.77. The fourth-order valence-electron chi connectivity index (χ4n) is 2.30. The number of nitrogen functional groups attached to an aromatic ring is 1. The van der Waals surface area contributed by atoms with Crippen LogP contribution in [0.2, 0.25) is 0 Å². The Morgan fingerprint density at radius 2 is 2.25 bits per heavy atom. The maximum atomic E-state index is 7.64. The molecule has 0 bridgehead atoms. The number of nitrogens with zero attached hydrogens (tertiary/aromatic N) is 1. The summed E-state index contributed by atoms with van der Waals surface area (Å²) in [6.07, 6.45) is 1.23. The van der Waals surface area contributed by atoms with Gasteiger partial charge in [0.1, 0.15) is 5.84 Å². The Hall–Kier alpha value is -1.51. The molecule has 0 radical (unpaired) electrons. The largest absolute Gasteiger partial charge is 0.384 e. The van der Waals surface area contributed by atoms with Gasteiger partial charge in [0.25, 0.3) is 0 Å². The van der Waals surface area contributed by atoms with Gasteiger partial charge in [0.15, 0.2) is 0 Å². The third-order valence-electron chi connectivity index (χ3n) is 3.21. The first-order valence-electron chi connectivity index (χ1n) is 5.78. The zero-order valence-electron chi connectivity index (χ0n) is 9.96. The van der Waals surface area contributed by atoms with E-state index in [1.165, 1.54) is 6.42 Å². The van der Waals surface area contributed by atoms with E-state index in [2.05, 4.69) is 24.0 Å². The summed E-state index contributed by atoms with van der Waals surface area (Å²) in [6, 6.07) is 6.18. The summed E-state index contributed by atoms with van der Waals surface area (Å²) in [5.74, 6) is 0.902. The van der Waals surface area contributed by atoms with E-state index in [0.717, 1.165) is 35.8 Å². The molecule has 86 valence electrons. The van der Waals surface area contributed by atoms with Crippen molar-refractivity contribution in [2.75, 3.05) is 18.0 Å². The lowest BCUT2D eigenvalue weighted by Gasteiger charge is -2.21. The van der Waals surface area contributed by atoms with Crippen molar-refractivity contribution < 1.29 is 0 Å². The molecule has 1 atom stereocenters. The molecule has 1 heterocycles. The SMILES string of the molecule is Cc1ccc(N2CCC(C)C2)c(C(=N)N)c1. The Morgan fingerprint density at radius 1 is 1.50 bits per heavy atom. The summed E-state index contributed by atoms with van der Waals surface area (Å²) < 4.78 is 0. The average Bonchev–Trinajstić information content (AvgIpc) is 2.64. The summed E-state index contributed by atoms with van der Waals surface area (Å²) in [5, 5.41) is 7.64. The highest BCUT2D eigenvalue weighted by molar-refractivity contribution is 6.00. The number of benzene rings is 1. The van der Waals surface area contributed by atoms with Crippen molar-refractivity contribution in [3.8, 4) is 0 Å². The number of nitrogens with one attached hydrogen (secondary N) is 1.